The number of halogens is 3. The van der Waals surface area contributed by atoms with E-state index in [1.54, 1.807) is 18.3 Å². The van der Waals surface area contributed by atoms with Gasteiger partial charge in [0.1, 0.15) is 0 Å². The molecule has 39 heavy (non-hydrogen) atoms. The molecule has 2 aromatic heterocycles. The number of aromatic nitrogens is 2. The molecule has 1 aliphatic heterocycles. The zero-order chi connectivity index (χ0) is 27.7. The Morgan fingerprint density at radius 3 is 2.44 bits per heavy atom. The summed E-state index contributed by atoms with van der Waals surface area (Å²) in [6.07, 6.45) is -1.29. The maximum absolute atomic E-state index is 13.2. The Morgan fingerprint density at radius 2 is 1.77 bits per heavy atom. The quantitative estimate of drug-likeness (QED) is 0.333. The zero-order valence-corrected chi connectivity index (χ0v) is 21.3. The monoisotopic (exact) mass is 533 g/mol. The molecule has 9 heteroatoms. The van der Waals surface area contributed by atoms with Gasteiger partial charge in [0.15, 0.2) is 0 Å². The lowest BCUT2D eigenvalue weighted by Gasteiger charge is -2.20. The van der Waals surface area contributed by atoms with Crippen molar-refractivity contribution in [1.29, 1.82) is 0 Å². The van der Waals surface area contributed by atoms with Crippen LogP contribution in [0.25, 0.3) is 11.1 Å². The molecule has 6 nitrogen and oxygen atoms in total. The number of benzene rings is 2. The number of fused-ring (bicyclic) bond motifs is 1. The van der Waals surface area contributed by atoms with Crippen molar-refractivity contribution in [2.24, 2.45) is 4.99 Å². The van der Waals surface area contributed by atoms with E-state index in [1.165, 1.54) is 29.0 Å². The number of rotatable bonds is 7. The summed E-state index contributed by atoms with van der Waals surface area (Å²) in [6, 6.07) is 16.4. The number of pyridine rings is 2. The topological polar surface area (TPSA) is 76.7 Å². The van der Waals surface area contributed by atoms with Crippen molar-refractivity contribution >= 4 is 5.71 Å². The Balaban J connectivity index is 1.44. The van der Waals surface area contributed by atoms with E-state index in [0.717, 1.165) is 40.1 Å². The minimum absolute atomic E-state index is 0.0172. The molecule has 5 rings (SSSR count). The van der Waals surface area contributed by atoms with Crippen LogP contribution in [0.2, 0.25) is 0 Å². The van der Waals surface area contributed by atoms with Crippen molar-refractivity contribution in [2.75, 3.05) is 6.61 Å². The summed E-state index contributed by atoms with van der Waals surface area (Å²) < 4.78 is 46.5. The van der Waals surface area contributed by atoms with Crippen molar-refractivity contribution in [1.82, 2.24) is 9.55 Å². The number of aliphatic imine (C=N–C) groups is 1. The molecule has 1 atom stereocenters. The summed E-state index contributed by atoms with van der Waals surface area (Å²) in [7, 11) is 0. The summed E-state index contributed by atoms with van der Waals surface area (Å²) in [5.41, 5.74) is 3.99. The fraction of sp³-hybridized carbons (Fsp3) is 0.233. The van der Waals surface area contributed by atoms with E-state index in [0.29, 0.717) is 18.0 Å². The average Bonchev–Trinajstić information content (AvgIpc) is 3.33. The number of hydrogen-bond acceptors (Lipinski definition) is 5. The number of alkyl halides is 3. The standard InChI is InChI=1S/C30H26F3N3O3/c1-18(2)39-27-9-8-23(16-34-27)29-25-13-19(6-7-22(25)15-35-29)20-10-11-36(28(38)14-20)26(17-37)21-4-3-5-24(12-21)30(31,32)33/h3-14,16,18,26,37H,15,17H2,1-2H3/t26-/m1/s1. The molecule has 1 N–H and O–H groups in total. The Hall–Kier alpha value is -4.24. The second-order valence-electron chi connectivity index (χ2n) is 9.57. The molecule has 0 unspecified atom stereocenters. The van der Waals surface area contributed by atoms with Gasteiger partial charge in [-0.25, -0.2) is 4.98 Å². The van der Waals surface area contributed by atoms with Gasteiger partial charge < -0.3 is 14.4 Å². The molecular formula is C30H26F3N3O3. The highest BCUT2D eigenvalue weighted by molar-refractivity contribution is 6.15. The fourth-order valence-electron chi connectivity index (χ4n) is 4.65. The van der Waals surface area contributed by atoms with Crippen molar-refractivity contribution in [3.8, 4) is 17.0 Å². The predicted molar refractivity (Wildman–Crippen MR) is 142 cm³/mol. The lowest BCUT2D eigenvalue weighted by molar-refractivity contribution is -0.137. The van der Waals surface area contributed by atoms with E-state index in [-0.39, 0.29) is 11.7 Å². The van der Waals surface area contributed by atoms with Crippen molar-refractivity contribution < 1.29 is 23.0 Å². The van der Waals surface area contributed by atoms with E-state index < -0.39 is 29.9 Å². The first kappa shape index (κ1) is 26.4. The van der Waals surface area contributed by atoms with E-state index in [9.17, 15) is 23.1 Å². The van der Waals surface area contributed by atoms with Gasteiger partial charge in [0.25, 0.3) is 5.56 Å². The van der Waals surface area contributed by atoms with Gasteiger partial charge in [0.05, 0.1) is 36.6 Å². The Morgan fingerprint density at radius 1 is 1.00 bits per heavy atom. The van der Waals surface area contributed by atoms with E-state index in [4.69, 9.17) is 4.74 Å². The average molecular weight is 534 g/mol. The zero-order valence-electron chi connectivity index (χ0n) is 21.3. The second kappa shape index (κ2) is 10.5. The van der Waals surface area contributed by atoms with Crippen LogP contribution < -0.4 is 10.3 Å². The highest BCUT2D eigenvalue weighted by Gasteiger charge is 2.31. The Labute approximate surface area is 223 Å². The van der Waals surface area contributed by atoms with Gasteiger partial charge in [-0.3, -0.25) is 9.79 Å². The van der Waals surface area contributed by atoms with Gasteiger partial charge in [-0.2, -0.15) is 13.2 Å². The van der Waals surface area contributed by atoms with E-state index >= 15 is 0 Å². The lowest BCUT2D eigenvalue weighted by atomic mass is 9.96. The van der Waals surface area contributed by atoms with Gasteiger partial charge >= 0.3 is 6.18 Å². The largest absolute Gasteiger partial charge is 0.475 e. The second-order valence-corrected chi connectivity index (χ2v) is 9.57. The molecular weight excluding hydrogens is 507 g/mol. The maximum Gasteiger partial charge on any atom is 0.416 e. The number of nitrogens with zero attached hydrogens (tertiary/aromatic N) is 3. The smallest absolute Gasteiger partial charge is 0.416 e. The SMILES string of the molecule is CC(C)Oc1ccc(C2=NCc3ccc(-c4ccn([C@H](CO)c5cccc(C(F)(F)F)c5)c(=O)c4)cc32)cn1. The Kier molecular flexibility index (Phi) is 7.10. The highest BCUT2D eigenvalue weighted by atomic mass is 19.4. The predicted octanol–water partition coefficient (Wildman–Crippen LogP) is 5.65. The third-order valence-electron chi connectivity index (χ3n) is 6.53. The molecule has 2 aromatic carbocycles. The molecule has 0 aliphatic carbocycles. The van der Waals surface area contributed by atoms with Crippen LogP contribution in [0.15, 0.2) is 88.9 Å². The van der Waals surface area contributed by atoms with Gasteiger partial charge in [-0.05, 0) is 66.4 Å². The highest BCUT2D eigenvalue weighted by Crippen LogP contribution is 2.32. The van der Waals surface area contributed by atoms with E-state index in [2.05, 4.69) is 9.98 Å². The van der Waals surface area contributed by atoms with Gasteiger partial charge in [0, 0.05) is 35.7 Å². The molecule has 1 aliphatic rings. The van der Waals surface area contributed by atoms with Gasteiger partial charge in [0.2, 0.25) is 5.88 Å². The molecule has 0 amide bonds. The normalized spacial score (nSPS) is 13.8. The van der Waals surface area contributed by atoms with Crippen LogP contribution in [0.4, 0.5) is 13.2 Å². The van der Waals surface area contributed by atoms with Crippen LogP contribution >= 0.6 is 0 Å². The minimum atomic E-state index is -4.53. The van der Waals surface area contributed by atoms with Crippen molar-refractivity contribution in [3.05, 3.63) is 117 Å². The summed E-state index contributed by atoms with van der Waals surface area (Å²) in [6.45, 7) is 3.87. The van der Waals surface area contributed by atoms with Crippen LogP contribution in [-0.2, 0) is 12.7 Å². The maximum atomic E-state index is 13.2. The third kappa shape index (κ3) is 5.49. The first-order valence-corrected chi connectivity index (χ1v) is 12.5. The third-order valence-corrected chi connectivity index (χ3v) is 6.53. The molecule has 0 saturated heterocycles. The number of hydrogen-bond donors (Lipinski definition) is 1. The molecule has 200 valence electrons. The molecule has 0 saturated carbocycles. The molecule has 4 aromatic rings. The number of aliphatic hydroxyl groups excluding tert-OH is 1. The summed E-state index contributed by atoms with van der Waals surface area (Å²) in [5, 5.41) is 9.97. The summed E-state index contributed by atoms with van der Waals surface area (Å²) in [4.78, 5) is 22.1. The summed E-state index contributed by atoms with van der Waals surface area (Å²) in [5.74, 6) is 0.535. The van der Waals surface area contributed by atoms with Crippen LogP contribution in [-0.4, -0.2) is 33.1 Å². The van der Waals surface area contributed by atoms with Crippen LogP contribution in [0.3, 0.4) is 0 Å². The lowest BCUT2D eigenvalue weighted by Crippen LogP contribution is -2.27. The minimum Gasteiger partial charge on any atom is -0.475 e. The van der Waals surface area contributed by atoms with Crippen LogP contribution in [0, 0.1) is 0 Å². The number of ether oxygens (including phenoxy) is 1. The van der Waals surface area contributed by atoms with E-state index in [1.807, 2.05) is 38.1 Å². The molecule has 0 spiro atoms. The first-order chi connectivity index (χ1) is 18.6. The van der Waals surface area contributed by atoms with Crippen molar-refractivity contribution in [2.45, 2.75) is 38.7 Å². The van der Waals surface area contributed by atoms with Gasteiger partial charge in [-0.1, -0.05) is 24.3 Å². The molecule has 3 heterocycles. The molecule has 0 fully saturated rings. The molecule has 0 radical (unpaired) electrons. The molecule has 0 bridgehead atoms. The first-order valence-electron chi connectivity index (χ1n) is 12.5. The fourth-order valence-corrected chi connectivity index (χ4v) is 4.65. The van der Waals surface area contributed by atoms with Crippen LogP contribution in [0.5, 0.6) is 5.88 Å². The Bertz CT molecular complexity index is 1590. The number of aliphatic hydroxyl groups is 1. The summed E-state index contributed by atoms with van der Waals surface area (Å²) >= 11 is 0. The van der Waals surface area contributed by atoms with Gasteiger partial charge in [-0.15, -0.1) is 0 Å². The van der Waals surface area contributed by atoms with Crippen molar-refractivity contribution in [3.63, 3.8) is 0 Å². The van der Waals surface area contributed by atoms with Crippen LogP contribution in [0.1, 0.15) is 47.7 Å².